The van der Waals surface area contributed by atoms with E-state index in [2.05, 4.69) is 9.72 Å². The van der Waals surface area contributed by atoms with E-state index >= 15 is 0 Å². The van der Waals surface area contributed by atoms with Crippen LogP contribution in [0.1, 0.15) is 47.8 Å². The number of hydrogen-bond acceptors (Lipinski definition) is 5. The topological polar surface area (TPSA) is 61.6 Å². The summed E-state index contributed by atoms with van der Waals surface area (Å²) in [6.07, 6.45) is -2.44. The number of nitrogens with zero attached hydrogens (tertiary/aromatic N) is 1. The fraction of sp³-hybridized carbons (Fsp3) is 0.692. The van der Waals surface area contributed by atoms with Crippen LogP contribution in [0, 0.1) is 0 Å². The summed E-state index contributed by atoms with van der Waals surface area (Å²) in [5, 5.41) is 0. The molecule has 2 rings (SSSR count). The van der Waals surface area contributed by atoms with Crippen molar-refractivity contribution < 1.29 is 31.9 Å². The molecule has 1 fully saturated rings. The van der Waals surface area contributed by atoms with Gasteiger partial charge in [0.15, 0.2) is 5.89 Å². The Morgan fingerprint density at radius 2 is 2.14 bits per heavy atom. The monoisotopic (exact) mass is 307 g/mol. The van der Waals surface area contributed by atoms with Crippen LogP contribution in [0.5, 0.6) is 0 Å². The predicted molar refractivity (Wildman–Crippen MR) is 65.0 cm³/mol. The van der Waals surface area contributed by atoms with Crippen molar-refractivity contribution in [2.45, 2.75) is 38.3 Å². The molecule has 1 heterocycles. The third kappa shape index (κ3) is 4.73. The molecule has 1 aliphatic rings. The third-order valence-corrected chi connectivity index (χ3v) is 2.85. The molecule has 0 atom stereocenters. The summed E-state index contributed by atoms with van der Waals surface area (Å²) in [6, 6.07) is 0. The van der Waals surface area contributed by atoms with Crippen molar-refractivity contribution in [3.63, 3.8) is 0 Å². The van der Waals surface area contributed by atoms with E-state index in [1.807, 2.05) is 0 Å². The van der Waals surface area contributed by atoms with Crippen molar-refractivity contribution in [2.75, 3.05) is 19.8 Å². The molecule has 21 heavy (non-hydrogen) atoms. The largest absolute Gasteiger partial charge is 0.460 e. The third-order valence-electron chi connectivity index (χ3n) is 2.85. The summed E-state index contributed by atoms with van der Waals surface area (Å²) in [7, 11) is 0. The first-order valence-corrected chi connectivity index (χ1v) is 6.72. The van der Waals surface area contributed by atoms with E-state index < -0.39 is 18.8 Å². The Labute approximate surface area is 119 Å². The highest BCUT2D eigenvalue weighted by molar-refractivity contribution is 5.87. The van der Waals surface area contributed by atoms with E-state index in [9.17, 15) is 18.0 Å². The minimum atomic E-state index is -4.36. The normalized spacial score (nSPS) is 15.2. The fourth-order valence-corrected chi connectivity index (χ4v) is 1.81. The van der Waals surface area contributed by atoms with Crippen molar-refractivity contribution >= 4 is 5.97 Å². The molecule has 0 unspecified atom stereocenters. The van der Waals surface area contributed by atoms with Gasteiger partial charge in [0.25, 0.3) is 0 Å². The van der Waals surface area contributed by atoms with Gasteiger partial charge in [-0.05, 0) is 19.8 Å². The highest BCUT2D eigenvalue weighted by Crippen LogP contribution is 2.41. The molecule has 0 spiro atoms. The average molecular weight is 307 g/mol. The van der Waals surface area contributed by atoms with E-state index in [0.29, 0.717) is 5.69 Å². The molecular weight excluding hydrogens is 291 g/mol. The van der Waals surface area contributed by atoms with Gasteiger partial charge in [-0.25, -0.2) is 9.78 Å². The molecule has 0 bridgehead atoms. The quantitative estimate of drug-likeness (QED) is 0.572. The van der Waals surface area contributed by atoms with Gasteiger partial charge in [0.2, 0.25) is 5.76 Å². The van der Waals surface area contributed by atoms with Crippen LogP contribution in [0.4, 0.5) is 13.2 Å². The lowest BCUT2D eigenvalue weighted by molar-refractivity contribution is -0.173. The average Bonchev–Trinajstić information content (AvgIpc) is 3.14. The first-order valence-electron chi connectivity index (χ1n) is 6.72. The van der Waals surface area contributed by atoms with Crippen molar-refractivity contribution in [1.82, 2.24) is 4.98 Å². The highest BCUT2D eigenvalue weighted by atomic mass is 19.4. The zero-order valence-corrected chi connectivity index (χ0v) is 11.5. The lowest BCUT2D eigenvalue weighted by Crippen LogP contribution is -2.18. The molecule has 1 aromatic rings. The summed E-state index contributed by atoms with van der Waals surface area (Å²) >= 11 is 0. The number of esters is 1. The number of alkyl halides is 3. The molecule has 0 aliphatic heterocycles. The second kappa shape index (κ2) is 6.46. The summed E-state index contributed by atoms with van der Waals surface area (Å²) in [5.74, 6) is -0.153. The van der Waals surface area contributed by atoms with Crippen molar-refractivity contribution in [3.8, 4) is 0 Å². The van der Waals surface area contributed by atoms with Crippen LogP contribution in [0.3, 0.4) is 0 Å². The Balaban J connectivity index is 1.94. The molecule has 8 heteroatoms. The smallest absolute Gasteiger partial charge is 0.411 e. The van der Waals surface area contributed by atoms with E-state index in [-0.39, 0.29) is 37.2 Å². The van der Waals surface area contributed by atoms with Gasteiger partial charge in [0.1, 0.15) is 6.61 Å². The maximum absolute atomic E-state index is 11.9. The molecule has 5 nitrogen and oxygen atoms in total. The molecule has 0 N–H and O–H groups in total. The van der Waals surface area contributed by atoms with E-state index in [0.717, 1.165) is 12.8 Å². The molecule has 1 aliphatic carbocycles. The Kier molecular flexibility index (Phi) is 4.87. The Hall–Kier alpha value is -1.57. The number of aromatic nitrogens is 1. The number of ether oxygens (including phenoxy) is 2. The minimum absolute atomic E-state index is 0.0603. The van der Waals surface area contributed by atoms with Crippen LogP contribution in [-0.4, -0.2) is 37.0 Å². The van der Waals surface area contributed by atoms with Crippen molar-refractivity contribution in [1.29, 1.82) is 0 Å². The Morgan fingerprint density at radius 1 is 1.43 bits per heavy atom. The fourth-order valence-electron chi connectivity index (χ4n) is 1.81. The number of hydrogen-bond donors (Lipinski definition) is 0. The second-order valence-electron chi connectivity index (χ2n) is 4.73. The lowest BCUT2D eigenvalue weighted by Gasteiger charge is -2.05. The molecule has 0 saturated heterocycles. The summed E-state index contributed by atoms with van der Waals surface area (Å²) in [4.78, 5) is 15.9. The summed E-state index contributed by atoms with van der Waals surface area (Å²) in [6.45, 7) is 0.408. The van der Waals surface area contributed by atoms with Crippen LogP contribution in [0.2, 0.25) is 0 Å². The number of halogens is 3. The van der Waals surface area contributed by atoms with E-state index in [1.165, 1.54) is 0 Å². The predicted octanol–water partition coefficient (Wildman–Crippen LogP) is 2.85. The maximum atomic E-state index is 11.9. The van der Waals surface area contributed by atoms with Gasteiger partial charge in [-0.15, -0.1) is 0 Å². The standard InChI is InChI=1S/C13H16F3NO4/c1-2-20-12(18)11-10(8-3-4-8)17-9(21-11)5-6-19-7-13(14,15)16/h8H,2-7H2,1H3. The molecule has 1 aromatic heterocycles. The van der Waals surface area contributed by atoms with Crippen LogP contribution in [0.25, 0.3) is 0 Å². The van der Waals surface area contributed by atoms with Crippen molar-refractivity contribution in [2.24, 2.45) is 0 Å². The lowest BCUT2D eigenvalue weighted by atomic mass is 10.2. The SMILES string of the molecule is CCOC(=O)c1oc(CCOCC(F)(F)F)nc1C1CC1. The number of carbonyl (C=O) groups excluding carboxylic acids is 1. The van der Waals surface area contributed by atoms with Gasteiger partial charge in [0.05, 0.1) is 18.9 Å². The van der Waals surface area contributed by atoms with E-state index in [4.69, 9.17) is 9.15 Å². The van der Waals surface area contributed by atoms with E-state index in [1.54, 1.807) is 6.92 Å². The van der Waals surface area contributed by atoms with Gasteiger partial charge in [-0.2, -0.15) is 13.2 Å². The number of rotatable bonds is 7. The first kappa shape index (κ1) is 15.8. The number of oxazole rings is 1. The Morgan fingerprint density at radius 3 is 2.71 bits per heavy atom. The Bertz CT molecular complexity index is 494. The van der Waals surface area contributed by atoms with Crippen LogP contribution in [-0.2, 0) is 15.9 Å². The first-order chi connectivity index (χ1) is 9.90. The van der Waals surface area contributed by atoms with Crippen LogP contribution in [0.15, 0.2) is 4.42 Å². The van der Waals surface area contributed by atoms with Crippen LogP contribution < -0.4 is 0 Å². The summed E-state index contributed by atoms with van der Waals surface area (Å²) < 4.78 is 50.5. The van der Waals surface area contributed by atoms with Crippen molar-refractivity contribution in [3.05, 3.63) is 17.3 Å². The molecule has 0 radical (unpaired) electrons. The second-order valence-corrected chi connectivity index (χ2v) is 4.73. The van der Waals surface area contributed by atoms with Gasteiger partial charge >= 0.3 is 12.1 Å². The summed E-state index contributed by atoms with van der Waals surface area (Å²) in [5.41, 5.74) is 0.541. The molecule has 118 valence electrons. The zero-order valence-electron chi connectivity index (χ0n) is 11.5. The van der Waals surface area contributed by atoms with Gasteiger partial charge in [-0.1, -0.05) is 0 Å². The molecule has 0 amide bonds. The zero-order chi connectivity index (χ0) is 15.5. The van der Waals surface area contributed by atoms with Gasteiger partial charge in [0, 0.05) is 12.3 Å². The molecule has 0 aromatic carbocycles. The molecular formula is C13H16F3NO4. The molecule has 1 saturated carbocycles. The van der Waals surface area contributed by atoms with Crippen LogP contribution >= 0.6 is 0 Å². The van der Waals surface area contributed by atoms with Gasteiger partial charge in [-0.3, -0.25) is 0 Å². The van der Waals surface area contributed by atoms with Gasteiger partial charge < -0.3 is 13.9 Å². The maximum Gasteiger partial charge on any atom is 0.411 e. The minimum Gasteiger partial charge on any atom is -0.460 e. The highest BCUT2D eigenvalue weighted by Gasteiger charge is 2.34. The number of carbonyl (C=O) groups is 1.